The Morgan fingerprint density at radius 2 is 1.61 bits per heavy atom. The lowest BCUT2D eigenvalue weighted by Crippen LogP contribution is -2.01. The van der Waals surface area contributed by atoms with Crippen LogP contribution in [-0.2, 0) is 19.3 Å². The second kappa shape index (κ2) is 7.30. The molecule has 0 radical (unpaired) electrons. The highest BCUT2D eigenvalue weighted by Crippen LogP contribution is 2.35. The number of phenolic OH excluding ortho intramolecular Hbond substituents is 2. The maximum Gasteiger partial charge on any atom is 0.160 e. The molecule has 18 heavy (non-hydrogen) atoms. The zero-order valence-electron chi connectivity index (χ0n) is 11.9. The number of benzene rings is 1. The van der Waals surface area contributed by atoms with E-state index in [0.717, 1.165) is 37.7 Å². The average Bonchev–Trinajstić information content (AvgIpc) is 2.36. The lowest BCUT2D eigenvalue weighted by atomic mass is 9.91. The van der Waals surface area contributed by atoms with E-state index in [0.29, 0.717) is 0 Å². The molecular weight excluding hydrogens is 224 g/mol. The predicted octanol–water partition coefficient (Wildman–Crippen LogP) is 4.35. The van der Waals surface area contributed by atoms with Gasteiger partial charge in [-0.1, -0.05) is 40.0 Å². The number of unbranched alkanes of at least 4 members (excludes halogenated alkanes) is 2. The van der Waals surface area contributed by atoms with Crippen molar-refractivity contribution in [2.45, 2.75) is 65.7 Å². The Balaban J connectivity index is 3.09. The quantitative estimate of drug-likeness (QED) is 0.558. The smallest absolute Gasteiger partial charge is 0.160 e. The van der Waals surface area contributed by atoms with Crippen LogP contribution in [0.15, 0.2) is 6.07 Å². The fourth-order valence-corrected chi connectivity index (χ4v) is 2.54. The summed E-state index contributed by atoms with van der Waals surface area (Å²) < 4.78 is 0. The highest BCUT2D eigenvalue weighted by molar-refractivity contribution is 5.53. The molecule has 0 atom stereocenters. The minimum atomic E-state index is 0.0400. The average molecular weight is 250 g/mol. The zero-order valence-corrected chi connectivity index (χ0v) is 11.9. The molecule has 0 fully saturated rings. The summed E-state index contributed by atoms with van der Waals surface area (Å²) in [5.41, 5.74) is 3.41. The molecule has 0 bridgehead atoms. The predicted molar refractivity (Wildman–Crippen MR) is 76.4 cm³/mol. The Bertz CT molecular complexity index is 383. The molecule has 0 heterocycles. The van der Waals surface area contributed by atoms with E-state index in [1.807, 2.05) is 6.92 Å². The van der Waals surface area contributed by atoms with Crippen LogP contribution in [0.25, 0.3) is 0 Å². The Morgan fingerprint density at radius 1 is 0.889 bits per heavy atom. The molecule has 0 aliphatic carbocycles. The fraction of sp³-hybridized carbons (Fsp3) is 0.625. The summed E-state index contributed by atoms with van der Waals surface area (Å²) in [6.07, 6.45) is 7.40. The first-order valence-electron chi connectivity index (χ1n) is 7.21. The first-order valence-corrected chi connectivity index (χ1v) is 7.21. The van der Waals surface area contributed by atoms with E-state index in [1.54, 1.807) is 6.07 Å². The zero-order chi connectivity index (χ0) is 13.5. The summed E-state index contributed by atoms with van der Waals surface area (Å²) in [5, 5.41) is 19.8. The van der Waals surface area contributed by atoms with Crippen LogP contribution < -0.4 is 0 Å². The summed E-state index contributed by atoms with van der Waals surface area (Å²) >= 11 is 0. The van der Waals surface area contributed by atoms with Crippen LogP contribution in [0.4, 0.5) is 0 Å². The summed E-state index contributed by atoms with van der Waals surface area (Å²) in [6.45, 7) is 6.38. The molecule has 1 rings (SSSR count). The molecule has 0 saturated heterocycles. The summed E-state index contributed by atoms with van der Waals surface area (Å²) in [5.74, 6) is 0.124. The Kier molecular flexibility index (Phi) is 6.03. The molecule has 0 spiro atoms. The van der Waals surface area contributed by atoms with E-state index < -0.39 is 0 Å². The van der Waals surface area contributed by atoms with Crippen molar-refractivity contribution in [3.8, 4) is 11.5 Å². The van der Waals surface area contributed by atoms with E-state index in [-0.39, 0.29) is 11.5 Å². The molecule has 0 aliphatic heterocycles. The van der Waals surface area contributed by atoms with E-state index in [1.165, 1.54) is 24.0 Å². The third-order valence-corrected chi connectivity index (χ3v) is 3.49. The number of aromatic hydroxyl groups is 2. The second-order valence-corrected chi connectivity index (χ2v) is 4.92. The maximum atomic E-state index is 9.95. The van der Waals surface area contributed by atoms with Gasteiger partial charge in [0.1, 0.15) is 0 Å². The molecule has 2 N–H and O–H groups in total. The Hall–Kier alpha value is -1.18. The van der Waals surface area contributed by atoms with Gasteiger partial charge in [0.15, 0.2) is 11.5 Å². The van der Waals surface area contributed by atoms with Crippen molar-refractivity contribution in [1.29, 1.82) is 0 Å². The van der Waals surface area contributed by atoms with Gasteiger partial charge in [-0.3, -0.25) is 0 Å². The first-order chi connectivity index (χ1) is 8.65. The van der Waals surface area contributed by atoms with Gasteiger partial charge in [0, 0.05) is 5.56 Å². The first kappa shape index (κ1) is 14.9. The molecular formula is C16H26O2. The maximum absolute atomic E-state index is 9.95. The lowest BCUT2D eigenvalue weighted by molar-refractivity contribution is 0.398. The van der Waals surface area contributed by atoms with Crippen LogP contribution in [0, 0.1) is 0 Å². The number of hydrogen-bond acceptors (Lipinski definition) is 2. The summed E-state index contributed by atoms with van der Waals surface area (Å²) in [7, 11) is 0. The molecule has 2 heteroatoms. The molecule has 2 nitrogen and oxygen atoms in total. The topological polar surface area (TPSA) is 40.5 Å². The van der Waals surface area contributed by atoms with Crippen LogP contribution in [0.3, 0.4) is 0 Å². The second-order valence-electron chi connectivity index (χ2n) is 4.92. The van der Waals surface area contributed by atoms with Crippen molar-refractivity contribution < 1.29 is 10.2 Å². The minimum absolute atomic E-state index is 0.0400. The molecule has 0 saturated carbocycles. The molecule has 1 aromatic rings. The lowest BCUT2D eigenvalue weighted by Gasteiger charge is -2.16. The van der Waals surface area contributed by atoms with Crippen molar-refractivity contribution in [2.24, 2.45) is 0 Å². The number of hydrogen-bond donors (Lipinski definition) is 2. The van der Waals surface area contributed by atoms with Crippen molar-refractivity contribution in [3.05, 3.63) is 22.8 Å². The van der Waals surface area contributed by atoms with Crippen molar-refractivity contribution in [3.63, 3.8) is 0 Å². The normalized spacial score (nSPS) is 10.8. The fourth-order valence-electron chi connectivity index (χ4n) is 2.54. The standard InChI is InChI=1S/C16H26O2/c1-4-7-8-10-12-11-15(17)16(18)13(6-3)14(12)9-5-2/h11,17-18H,4-10H2,1-3H3. The van der Waals surface area contributed by atoms with Crippen molar-refractivity contribution in [2.75, 3.05) is 0 Å². The van der Waals surface area contributed by atoms with Crippen molar-refractivity contribution >= 4 is 0 Å². The number of rotatable bonds is 7. The van der Waals surface area contributed by atoms with Crippen molar-refractivity contribution in [1.82, 2.24) is 0 Å². The van der Waals surface area contributed by atoms with E-state index in [9.17, 15) is 10.2 Å². The third-order valence-electron chi connectivity index (χ3n) is 3.49. The van der Waals surface area contributed by atoms with Gasteiger partial charge in [0.05, 0.1) is 0 Å². The van der Waals surface area contributed by atoms with Gasteiger partial charge >= 0.3 is 0 Å². The molecule has 0 aliphatic rings. The van der Waals surface area contributed by atoms with Crippen LogP contribution in [0.1, 0.15) is 63.1 Å². The van der Waals surface area contributed by atoms with E-state index in [4.69, 9.17) is 0 Å². The third kappa shape index (κ3) is 3.41. The van der Waals surface area contributed by atoms with E-state index in [2.05, 4.69) is 13.8 Å². The number of phenols is 2. The van der Waals surface area contributed by atoms with E-state index >= 15 is 0 Å². The van der Waals surface area contributed by atoms with Gasteiger partial charge < -0.3 is 10.2 Å². The van der Waals surface area contributed by atoms with Crippen LogP contribution in [0.5, 0.6) is 11.5 Å². The minimum Gasteiger partial charge on any atom is -0.504 e. The van der Waals surface area contributed by atoms with Gasteiger partial charge in [-0.05, 0) is 42.9 Å². The molecule has 102 valence electrons. The highest BCUT2D eigenvalue weighted by Gasteiger charge is 2.15. The largest absolute Gasteiger partial charge is 0.504 e. The SMILES string of the molecule is CCCCCc1cc(O)c(O)c(CC)c1CCC. The molecule has 0 unspecified atom stereocenters. The van der Waals surface area contributed by atoms with Crippen LogP contribution in [0.2, 0.25) is 0 Å². The molecule has 0 aromatic heterocycles. The van der Waals surface area contributed by atoms with Gasteiger partial charge in [-0.2, -0.15) is 0 Å². The van der Waals surface area contributed by atoms with Gasteiger partial charge in [-0.25, -0.2) is 0 Å². The molecule has 0 amide bonds. The van der Waals surface area contributed by atoms with Gasteiger partial charge in [0.2, 0.25) is 0 Å². The Morgan fingerprint density at radius 3 is 2.17 bits per heavy atom. The highest BCUT2D eigenvalue weighted by atomic mass is 16.3. The van der Waals surface area contributed by atoms with Crippen LogP contribution >= 0.6 is 0 Å². The van der Waals surface area contributed by atoms with Crippen LogP contribution in [-0.4, -0.2) is 10.2 Å². The Labute approximate surface area is 111 Å². The van der Waals surface area contributed by atoms with Gasteiger partial charge in [-0.15, -0.1) is 0 Å². The number of aryl methyl sites for hydroxylation is 1. The molecule has 1 aromatic carbocycles. The monoisotopic (exact) mass is 250 g/mol. The van der Waals surface area contributed by atoms with Gasteiger partial charge in [0.25, 0.3) is 0 Å². The summed E-state index contributed by atoms with van der Waals surface area (Å²) in [4.78, 5) is 0. The summed E-state index contributed by atoms with van der Waals surface area (Å²) in [6, 6.07) is 1.76.